The summed E-state index contributed by atoms with van der Waals surface area (Å²) in [6, 6.07) is -5.43. The van der Waals surface area contributed by atoms with E-state index >= 15 is 4.57 Å². The quantitative estimate of drug-likeness (QED) is 0.0129. The van der Waals surface area contributed by atoms with E-state index in [4.69, 9.17) is 170 Å². The van der Waals surface area contributed by atoms with E-state index in [0.717, 1.165) is 88.3 Å². The number of ether oxygens (including phenoxy) is 6. The molecule has 9 saturated heterocycles. The Morgan fingerprint density at radius 2 is 0.828 bits per heavy atom. The molecule has 0 aromatic carbocycles. The fourth-order valence-corrected chi connectivity index (χ4v) is 30.4. The minimum atomic E-state index is -5.48. The topological polar surface area (TPSA) is 842 Å². The van der Waals surface area contributed by atoms with Crippen molar-refractivity contribution in [1.82, 2.24) is 100 Å². The number of nitrogen functional groups attached to an aromatic ring is 5. The molecule has 9 fully saturated rings. The lowest BCUT2D eigenvalue weighted by Gasteiger charge is -2.37. The molecule has 9 aliphatic rings. The molecule has 0 amide bonds. The zero-order valence-electron chi connectivity index (χ0n) is 75.6. The van der Waals surface area contributed by atoms with Crippen molar-refractivity contribution in [2.24, 2.45) is 0 Å². The van der Waals surface area contributed by atoms with Gasteiger partial charge in [0.25, 0.3) is 16.7 Å². The van der Waals surface area contributed by atoms with Crippen molar-refractivity contribution in [3.8, 4) is 0 Å². The van der Waals surface area contributed by atoms with E-state index < -0.39 is 303 Å². The van der Waals surface area contributed by atoms with E-state index in [1.165, 1.54) is 42.6 Å². The highest BCUT2D eigenvalue weighted by atomic mass is 32.7. The normalized spacial score (nSPS) is 31.8. The van der Waals surface area contributed by atoms with Crippen molar-refractivity contribution < 1.29 is 142 Å². The summed E-state index contributed by atoms with van der Waals surface area (Å²) in [6.45, 7) is -33.6. The number of hydrogen-bond donors (Lipinski definition) is 15. The number of nitrogens with zero attached hydrogens (tertiary/aromatic N) is 18. The van der Waals surface area contributed by atoms with E-state index in [2.05, 4.69) is 72.1 Å². The lowest BCUT2D eigenvalue weighted by molar-refractivity contribution is -0.147. The van der Waals surface area contributed by atoms with E-state index in [-0.39, 0.29) is 86.4 Å². The molecular weight excluding hydrogens is 2240 g/mol. The van der Waals surface area contributed by atoms with Crippen molar-refractivity contribution in [3.05, 3.63) is 123 Å². The maximum absolute atomic E-state index is 15.8. The number of H-pyrrole nitrogens is 3. The van der Waals surface area contributed by atoms with Crippen LogP contribution < -0.4 is 62.4 Å². The number of aliphatic hydroxyl groups is 1. The first-order chi connectivity index (χ1) is 67.6. The lowest BCUT2D eigenvalue weighted by Crippen LogP contribution is -2.51. The van der Waals surface area contributed by atoms with Crippen molar-refractivity contribution in [3.63, 3.8) is 0 Å². The van der Waals surface area contributed by atoms with Crippen LogP contribution in [0.1, 0.15) is 73.3 Å². The number of imidazole rings is 3. The molecule has 27 atom stereocenters. The first-order valence-corrected chi connectivity index (χ1v) is 63.6. The summed E-state index contributed by atoms with van der Waals surface area (Å²) in [5, 5.41) is 11.2. The summed E-state index contributed by atoms with van der Waals surface area (Å²) in [5.74, 6) is -1.28. The number of nitrogens with two attached hydrogens (primary N) is 5. The van der Waals surface area contributed by atoms with Gasteiger partial charge in [-0.1, -0.05) is 12.2 Å². The Bertz CT molecular complexity index is 7810. The van der Waals surface area contributed by atoms with Gasteiger partial charge in [0.1, 0.15) is 108 Å². The van der Waals surface area contributed by atoms with Crippen LogP contribution in [-0.2, 0) is 176 Å². The minimum absolute atomic E-state index is 0.00343. The van der Waals surface area contributed by atoms with E-state index in [1.54, 1.807) is 0 Å². The van der Waals surface area contributed by atoms with Gasteiger partial charge in [-0.2, -0.15) is 32.9 Å². The number of aliphatic hydroxyl groups excluding tert-OH is 1. The van der Waals surface area contributed by atoms with Gasteiger partial charge in [0.15, 0.2) is 52.5 Å². The molecule has 0 radical (unpaired) electrons. The Hall–Kier alpha value is -6.71. The molecule has 0 saturated carbocycles. The Kier molecular flexibility index (Phi) is 29.2. The van der Waals surface area contributed by atoms with Crippen LogP contribution in [0.4, 0.5) is 29.4 Å². The molecule has 9 aliphatic heterocycles. The number of morpholine rings is 3. The third kappa shape index (κ3) is 21.2. The fraction of sp³-hybridized carbons (Fsp3) is 0.597. The van der Waals surface area contributed by atoms with Gasteiger partial charge < -0.3 is 132 Å². The maximum Gasteiger partial charge on any atom is 0.386 e. The average Bonchev–Trinajstić information content (AvgIpc) is 1.54. The van der Waals surface area contributed by atoms with Crippen LogP contribution in [0.15, 0.2) is 72.7 Å². The SMILES string of the molecule is COP(O)(=S)O[C@@H]1C[C@H](n2cnc3c(=O)[nH]c(N)nc32)O[C@@H]1COP(O)(=S)O[C@@H]1C[C@H](n2cnc3c(N)ncnc32)O[C@@H]1COP(O)(=S)O[C@@H]1C[C@H](n2cc(C)c(=O)[nH]c2=O)O[C@@H]1COP(O)(=S)O[C@@H]1C2[C@H](n3cc(C)c(N)nc3=O)O[C@@]1(COP(=O)(S)O[C@@H]1C3[C@H](n4cc(C)c(N)nc4=O)O[C@@]1(COP(O)(=S)O[C@@H]1C4[C@H](n5cnc6c(=O)[nH]c(N)nc65)O[C@@]1(CO)CN4S(C)(=O)=O)CN3S(C)(=O)=O)CN2S(C)(=O)=O. The Labute approximate surface area is 845 Å². The van der Waals surface area contributed by atoms with Crippen molar-refractivity contribution in [1.29, 1.82) is 0 Å². The van der Waals surface area contributed by atoms with Gasteiger partial charge in [0.05, 0.1) is 102 Å². The number of fused-ring (bicyclic) bond motifs is 9. The largest absolute Gasteiger partial charge is 0.393 e. The van der Waals surface area contributed by atoms with Crippen molar-refractivity contribution in [2.75, 3.05) is 114 Å². The summed E-state index contributed by atoms with van der Waals surface area (Å²) in [4.78, 5) is 185. The second-order valence-corrected chi connectivity index (χ2v) is 57.7. The van der Waals surface area contributed by atoms with Gasteiger partial charge >= 0.3 is 57.5 Å². The molecule has 794 valence electrons. The average molecular weight is 2330 g/mol. The molecule has 18 rings (SSSR count). The monoisotopic (exact) mass is 2320 g/mol. The number of anilines is 5. The molecule has 6 bridgehead atoms. The zero-order chi connectivity index (χ0) is 105. The molecule has 19 N–H and O–H groups in total. The Balaban J connectivity index is 0.618. The second kappa shape index (κ2) is 39.1. The van der Waals surface area contributed by atoms with Gasteiger partial charge in [-0.25, -0.2) is 69.1 Å². The molecule has 9 aromatic heterocycles. The van der Waals surface area contributed by atoms with Crippen LogP contribution in [0.3, 0.4) is 0 Å². The highest BCUT2D eigenvalue weighted by Crippen LogP contribution is 2.66. The molecule has 18 heterocycles. The third-order valence-corrected chi connectivity index (χ3v) is 38.4. The number of sulfonamides is 3. The fourth-order valence-electron chi connectivity index (χ4n) is 18.6. The van der Waals surface area contributed by atoms with E-state index in [9.17, 15) is 83.6 Å². The number of aryl methyl sites for hydroxylation is 3. The van der Waals surface area contributed by atoms with E-state index in [1.807, 2.05) is 0 Å². The lowest BCUT2D eigenvalue weighted by atomic mass is 10.0. The molecule has 0 spiro atoms. The molecule has 0 aliphatic carbocycles. The Morgan fingerprint density at radius 3 is 1.28 bits per heavy atom. The van der Waals surface area contributed by atoms with Gasteiger partial charge in [0.2, 0.25) is 42.0 Å². The van der Waals surface area contributed by atoms with Crippen LogP contribution >= 0.6 is 52.6 Å². The molecule has 9 unspecified atom stereocenters. The molecular formula is C67H90N26O37P6S9. The zero-order valence-corrected chi connectivity index (χ0v) is 88.4. The number of hydrogen-bond acceptors (Lipinski definition) is 51. The highest BCUT2D eigenvalue weighted by molar-refractivity contribution is 8.44. The number of aromatic amines is 3. The van der Waals surface area contributed by atoms with Gasteiger partial charge in [0, 0.05) is 81.3 Å². The van der Waals surface area contributed by atoms with Crippen LogP contribution in [0.25, 0.3) is 33.5 Å². The van der Waals surface area contributed by atoms with Crippen LogP contribution in [0.5, 0.6) is 0 Å². The predicted molar refractivity (Wildman–Crippen MR) is 519 cm³/mol. The highest BCUT2D eigenvalue weighted by Gasteiger charge is 2.73. The smallest absolute Gasteiger partial charge is 0.386 e. The van der Waals surface area contributed by atoms with Crippen LogP contribution in [0.2, 0.25) is 0 Å². The van der Waals surface area contributed by atoms with Crippen molar-refractivity contribution in [2.45, 2.75) is 167 Å². The maximum atomic E-state index is 15.8. The van der Waals surface area contributed by atoms with Crippen molar-refractivity contribution >= 4 is 205 Å². The summed E-state index contributed by atoms with van der Waals surface area (Å²) < 4.78 is 221. The van der Waals surface area contributed by atoms with Gasteiger partial charge in [-0.3, -0.25) is 65.8 Å². The van der Waals surface area contributed by atoms with Gasteiger partial charge in [-0.15, -0.1) is 0 Å². The molecule has 9 aromatic rings. The number of nitrogens with one attached hydrogen (secondary N) is 3. The summed E-state index contributed by atoms with van der Waals surface area (Å²) in [6.07, 6.45) is -14.4. The van der Waals surface area contributed by atoms with Gasteiger partial charge in [-0.05, 0) is 79.8 Å². The number of rotatable bonds is 38. The summed E-state index contributed by atoms with van der Waals surface area (Å²) in [7, 11) is -12.6. The predicted octanol–water partition coefficient (Wildman–Crippen LogP) is -4.26. The number of aromatic nitrogens is 18. The molecule has 63 nitrogen and oxygen atoms in total. The van der Waals surface area contributed by atoms with Crippen LogP contribution in [-0.4, -0.2) is 330 Å². The first-order valence-electron chi connectivity index (χ1n) is 42.4. The second-order valence-electron chi connectivity index (χ2n) is 34.9. The van der Waals surface area contributed by atoms with E-state index in [0.29, 0.717) is 0 Å². The third-order valence-electron chi connectivity index (χ3n) is 25.2. The van der Waals surface area contributed by atoms with Crippen LogP contribution in [0, 0.1) is 20.8 Å². The minimum Gasteiger partial charge on any atom is -0.393 e. The number of thiol groups is 1. The molecule has 78 heteroatoms. The Morgan fingerprint density at radius 1 is 0.455 bits per heavy atom. The standard InChI is InChI=1S/C67H90N26O37P6S9/c1-27-11-86(62(98)78-48(27)68)57-43-46(66(123-57,18-92(43)144(6,109)110)21-118-136(106,142)130-47-44-58(87-12-28(2)49(69)79-63(87)99)124-67(47,19-93(44)145(7,111)112)22-117-135(105,141)128-45-42-59(122-65(45,20-94)17-91(42)143(5,107)108)90-26-77-41-53(90)81-61(72)83-56(41)97)129-134(104,140)116-16-34-31(8-36(119-34)85-13-29(3)54(95)84-64(85)100)126-132(102,138)115-15-35-32(10-37(120-35)88-24-75-39-50(70)73-23-74-51(39)88)127-133(103,139)114-14-33-30(125-131(101,137)113-4)9-38(121-33)89-25-76-40-52(89)80-60(71)82-55(40)96/h11-13,23-26,30-38,42-47,57-59,94H,8-10,14-22H2,1-7H3,(H,101,137)(H,102,138)(H,103,139)(H,104,140)(H,105,141)(H,106,142)(H2,68,78,98)(H2,69,79,99)(H2,70,73,74)(H,84,95,100)(H3,71,80,82,96)(H3,72,81,83,97)/t30-,31-,32-,33-,34-,35-,36-,37-,38-,42?,43?,44?,45-,46-,47-,57-,58-,59-,65-,66-,67-,131?,132?,133?,134?,135?,136?/m1/s1. The summed E-state index contributed by atoms with van der Waals surface area (Å²) in [5.41, 5.74) is 17.0. The molecule has 145 heavy (non-hydrogen) atoms. The first kappa shape index (κ1) is 108. The summed E-state index contributed by atoms with van der Waals surface area (Å²) >= 11 is 32.3.